The molecule has 4 heteroatoms. The second-order valence-corrected chi connectivity index (χ2v) is 10.6. The first-order chi connectivity index (χ1) is 16.2. The lowest BCUT2D eigenvalue weighted by atomic mass is 9.78. The monoisotopic (exact) mass is 449 g/mol. The Morgan fingerprint density at radius 1 is 0.667 bits per heavy atom. The molecule has 1 aromatic carbocycles. The minimum absolute atomic E-state index is 0.241. The molecule has 3 N–H and O–H groups in total. The fourth-order valence-corrected chi connectivity index (χ4v) is 6.37. The van der Waals surface area contributed by atoms with Gasteiger partial charge >= 0.3 is 0 Å². The first-order valence-electron chi connectivity index (χ1n) is 13.6. The molecule has 180 valence electrons. The summed E-state index contributed by atoms with van der Waals surface area (Å²) < 4.78 is 0. The van der Waals surface area contributed by atoms with Crippen molar-refractivity contribution in [2.75, 3.05) is 5.73 Å². The van der Waals surface area contributed by atoms with Crippen molar-refractivity contribution in [3.8, 4) is 17.0 Å². The topological polar surface area (TPSA) is 72.0 Å². The maximum atomic E-state index is 10.3. The zero-order valence-electron chi connectivity index (χ0n) is 20.4. The number of rotatable bonds is 3. The second kappa shape index (κ2) is 12.4. The van der Waals surface area contributed by atoms with Gasteiger partial charge in [-0.1, -0.05) is 102 Å². The zero-order chi connectivity index (χ0) is 22.9. The van der Waals surface area contributed by atoms with Gasteiger partial charge in [0.1, 0.15) is 11.6 Å². The Labute approximate surface area is 200 Å². The van der Waals surface area contributed by atoms with Crippen molar-refractivity contribution >= 4 is 5.82 Å². The number of hydrogen-bond donors (Lipinski definition) is 2. The Kier molecular flexibility index (Phi) is 9.02. The molecule has 0 bridgehead atoms. The van der Waals surface area contributed by atoms with E-state index in [4.69, 9.17) is 5.73 Å². The van der Waals surface area contributed by atoms with Crippen molar-refractivity contribution in [1.29, 1.82) is 0 Å². The third-order valence-corrected chi connectivity index (χ3v) is 8.29. The van der Waals surface area contributed by atoms with Gasteiger partial charge in [-0.05, 0) is 48.8 Å². The van der Waals surface area contributed by atoms with Crippen molar-refractivity contribution in [2.24, 2.45) is 11.8 Å². The summed E-state index contributed by atoms with van der Waals surface area (Å²) in [6, 6.07) is 9.43. The average molecular weight is 450 g/mol. The van der Waals surface area contributed by atoms with Gasteiger partial charge in [0.2, 0.25) is 0 Å². The predicted molar refractivity (Wildman–Crippen MR) is 137 cm³/mol. The molecule has 2 aromatic rings. The van der Waals surface area contributed by atoms with Crippen LogP contribution < -0.4 is 5.73 Å². The van der Waals surface area contributed by atoms with Gasteiger partial charge in [0, 0.05) is 11.1 Å². The molecule has 2 saturated carbocycles. The minimum Gasteiger partial charge on any atom is -0.507 e. The smallest absolute Gasteiger partial charge is 0.149 e. The van der Waals surface area contributed by atoms with Crippen LogP contribution in [-0.2, 0) is 0 Å². The van der Waals surface area contributed by atoms with Gasteiger partial charge in [0.25, 0.3) is 0 Å². The Bertz CT molecular complexity index is 858. The van der Waals surface area contributed by atoms with Crippen LogP contribution in [0, 0.1) is 11.8 Å². The second-order valence-electron chi connectivity index (χ2n) is 10.6. The summed E-state index contributed by atoms with van der Waals surface area (Å²) in [7, 11) is 0. The molecule has 0 radical (unpaired) electrons. The molecule has 2 aliphatic carbocycles. The van der Waals surface area contributed by atoms with Crippen molar-refractivity contribution in [3.63, 3.8) is 0 Å². The molecular formula is C29H43N3O. The SMILES string of the molecule is Nc1nnc(-c2ccccc2O)cc1C1CCCCC(C2CCCCCCCCC2)CCC1. The summed E-state index contributed by atoms with van der Waals surface area (Å²) in [6.07, 6.45) is 22.0. The Hall–Kier alpha value is -2.10. The number of phenols is 1. The van der Waals surface area contributed by atoms with Gasteiger partial charge in [-0.15, -0.1) is 10.2 Å². The number of hydrogen-bond acceptors (Lipinski definition) is 4. The van der Waals surface area contributed by atoms with Crippen molar-refractivity contribution in [3.05, 3.63) is 35.9 Å². The third kappa shape index (κ3) is 6.71. The van der Waals surface area contributed by atoms with Crippen LogP contribution in [0.2, 0.25) is 0 Å². The van der Waals surface area contributed by atoms with Crippen LogP contribution in [0.1, 0.15) is 114 Å². The summed E-state index contributed by atoms with van der Waals surface area (Å²) in [5.74, 6) is 3.09. The number of nitrogens with zero attached hydrogens (tertiary/aromatic N) is 2. The molecule has 33 heavy (non-hydrogen) atoms. The Morgan fingerprint density at radius 3 is 1.91 bits per heavy atom. The number of aromatic nitrogens is 2. The minimum atomic E-state index is 0.241. The predicted octanol–water partition coefficient (Wildman–Crippen LogP) is 8.02. The molecule has 2 aliphatic rings. The lowest BCUT2D eigenvalue weighted by molar-refractivity contribution is 0.238. The van der Waals surface area contributed by atoms with Gasteiger partial charge in [0.05, 0.1) is 5.69 Å². The average Bonchev–Trinajstić information content (AvgIpc) is 2.95. The number of nitrogen functional groups attached to an aromatic ring is 1. The zero-order valence-corrected chi connectivity index (χ0v) is 20.4. The number of para-hydroxylation sites is 1. The highest BCUT2D eigenvalue weighted by Gasteiger charge is 2.25. The molecule has 4 rings (SSSR count). The third-order valence-electron chi connectivity index (χ3n) is 8.29. The summed E-state index contributed by atoms with van der Waals surface area (Å²) in [5, 5.41) is 18.9. The fraction of sp³-hybridized carbons (Fsp3) is 0.655. The molecule has 0 saturated heterocycles. The standard InChI is InChI=1S/C29H43N3O/c30-29-26(21-27(31-32-29)25-19-10-11-20-28(25)33)24-16-9-8-15-23(17-12-18-24)22-13-6-4-2-1-3-5-7-14-22/h10-11,19-24,33H,1-9,12-18H2,(H2,30,32). The molecule has 0 spiro atoms. The number of aromatic hydroxyl groups is 1. The highest BCUT2D eigenvalue weighted by Crippen LogP contribution is 2.39. The molecule has 2 unspecified atom stereocenters. The molecule has 0 aliphatic heterocycles. The van der Waals surface area contributed by atoms with Gasteiger partial charge in [-0.2, -0.15) is 0 Å². The van der Waals surface area contributed by atoms with Crippen LogP contribution in [0.15, 0.2) is 30.3 Å². The first kappa shape index (κ1) is 24.0. The summed E-state index contributed by atoms with van der Waals surface area (Å²) >= 11 is 0. The first-order valence-corrected chi connectivity index (χ1v) is 13.6. The molecule has 1 heterocycles. The van der Waals surface area contributed by atoms with Crippen molar-refractivity contribution < 1.29 is 5.11 Å². The van der Waals surface area contributed by atoms with E-state index in [1.54, 1.807) is 6.07 Å². The quantitative estimate of drug-likeness (QED) is 0.497. The lowest BCUT2D eigenvalue weighted by Crippen LogP contribution is -2.16. The summed E-state index contributed by atoms with van der Waals surface area (Å²) in [5.41, 5.74) is 8.90. The van der Waals surface area contributed by atoms with Gasteiger partial charge in [-0.3, -0.25) is 0 Å². The maximum Gasteiger partial charge on any atom is 0.149 e. The highest BCUT2D eigenvalue weighted by molar-refractivity contribution is 5.67. The van der Waals surface area contributed by atoms with Gasteiger partial charge in [0.15, 0.2) is 0 Å². The van der Waals surface area contributed by atoms with E-state index in [1.807, 2.05) is 18.2 Å². The molecule has 4 nitrogen and oxygen atoms in total. The van der Waals surface area contributed by atoms with Gasteiger partial charge in [-0.25, -0.2) is 0 Å². The molecule has 1 aromatic heterocycles. The van der Waals surface area contributed by atoms with Crippen molar-refractivity contribution in [1.82, 2.24) is 10.2 Å². The number of phenolic OH excluding ortho intramolecular Hbond substituents is 1. The highest BCUT2D eigenvalue weighted by atomic mass is 16.3. The van der Waals surface area contributed by atoms with Crippen LogP contribution in [0.25, 0.3) is 11.3 Å². The molecule has 2 fully saturated rings. The van der Waals surface area contributed by atoms with Crippen LogP contribution in [0.5, 0.6) is 5.75 Å². The molecule has 2 atom stereocenters. The Balaban J connectivity index is 1.43. The van der Waals surface area contributed by atoms with E-state index < -0.39 is 0 Å². The lowest BCUT2D eigenvalue weighted by Gasteiger charge is -2.28. The van der Waals surface area contributed by atoms with E-state index in [9.17, 15) is 5.11 Å². The van der Waals surface area contributed by atoms with E-state index in [1.165, 1.54) is 103 Å². The van der Waals surface area contributed by atoms with E-state index in [0.717, 1.165) is 28.7 Å². The van der Waals surface area contributed by atoms with Crippen LogP contribution in [0.3, 0.4) is 0 Å². The fourth-order valence-electron chi connectivity index (χ4n) is 6.37. The number of anilines is 1. The summed E-state index contributed by atoms with van der Waals surface area (Å²) in [6.45, 7) is 0. The van der Waals surface area contributed by atoms with Crippen LogP contribution in [-0.4, -0.2) is 15.3 Å². The van der Waals surface area contributed by atoms with E-state index in [0.29, 0.717) is 11.7 Å². The Morgan fingerprint density at radius 2 is 1.21 bits per heavy atom. The van der Waals surface area contributed by atoms with Crippen molar-refractivity contribution in [2.45, 2.75) is 109 Å². The normalized spacial score (nSPS) is 24.4. The number of nitrogens with two attached hydrogens (primary N) is 1. The largest absolute Gasteiger partial charge is 0.507 e. The van der Waals surface area contributed by atoms with E-state index in [-0.39, 0.29) is 5.75 Å². The van der Waals surface area contributed by atoms with Crippen LogP contribution in [0.4, 0.5) is 5.82 Å². The molecule has 0 amide bonds. The maximum absolute atomic E-state index is 10.3. The van der Waals surface area contributed by atoms with Gasteiger partial charge < -0.3 is 10.8 Å². The van der Waals surface area contributed by atoms with E-state index in [2.05, 4.69) is 16.3 Å². The van der Waals surface area contributed by atoms with E-state index >= 15 is 0 Å². The number of benzene rings is 1. The summed E-state index contributed by atoms with van der Waals surface area (Å²) in [4.78, 5) is 0. The van der Waals surface area contributed by atoms with Crippen LogP contribution >= 0.6 is 0 Å². The molecular weight excluding hydrogens is 406 g/mol.